The summed E-state index contributed by atoms with van der Waals surface area (Å²) in [4.78, 5) is 22.1. The summed E-state index contributed by atoms with van der Waals surface area (Å²) in [5.74, 6) is 6.98. The quantitative estimate of drug-likeness (QED) is 0.540. The maximum Gasteiger partial charge on any atom is 0.246 e. The van der Waals surface area contributed by atoms with Gasteiger partial charge in [-0.1, -0.05) is 30.7 Å². The van der Waals surface area contributed by atoms with E-state index in [4.69, 9.17) is 10.5 Å². The number of aromatic nitrogens is 4. The van der Waals surface area contributed by atoms with Crippen LogP contribution < -0.4 is 10.5 Å². The zero-order valence-electron chi connectivity index (χ0n) is 15.8. The highest BCUT2D eigenvalue weighted by atomic mass is 16.5. The van der Waals surface area contributed by atoms with Crippen LogP contribution in [0.2, 0.25) is 0 Å². The average molecular weight is 388 g/mol. The van der Waals surface area contributed by atoms with Gasteiger partial charge in [-0.2, -0.15) is 5.10 Å². The molecular weight excluding hydrogens is 368 g/mol. The molecule has 2 aromatic heterocycles. The Morgan fingerprint density at radius 3 is 2.97 bits per heavy atom. The topological polar surface area (TPSA) is 99.2 Å². The fraction of sp³-hybridized carbons (Fsp3) is 0.238. The molecule has 0 saturated carbocycles. The van der Waals surface area contributed by atoms with Crippen molar-refractivity contribution < 1.29 is 9.53 Å². The van der Waals surface area contributed by atoms with E-state index in [0.717, 1.165) is 12.2 Å². The average Bonchev–Trinajstić information content (AvgIpc) is 3.37. The number of rotatable bonds is 4. The predicted molar refractivity (Wildman–Crippen MR) is 109 cm³/mol. The minimum atomic E-state index is -0.0869. The maximum absolute atomic E-state index is 11.9. The van der Waals surface area contributed by atoms with Gasteiger partial charge in [-0.3, -0.25) is 4.79 Å². The lowest BCUT2D eigenvalue weighted by Gasteiger charge is -2.14. The smallest absolute Gasteiger partial charge is 0.246 e. The second-order valence-corrected chi connectivity index (χ2v) is 6.59. The van der Waals surface area contributed by atoms with Gasteiger partial charge in [0.15, 0.2) is 5.65 Å². The molecule has 2 N–H and O–H groups in total. The van der Waals surface area contributed by atoms with E-state index in [2.05, 4.69) is 33.5 Å². The summed E-state index contributed by atoms with van der Waals surface area (Å²) < 4.78 is 7.40. The fourth-order valence-electron chi connectivity index (χ4n) is 3.36. The third-order valence-electron chi connectivity index (χ3n) is 4.77. The van der Waals surface area contributed by atoms with Crippen LogP contribution in [0.25, 0.3) is 11.0 Å². The predicted octanol–water partition coefficient (Wildman–Crippen LogP) is 1.80. The van der Waals surface area contributed by atoms with Gasteiger partial charge in [0.2, 0.25) is 5.91 Å². The summed E-state index contributed by atoms with van der Waals surface area (Å²) in [5.41, 5.74) is 7.20. The summed E-state index contributed by atoms with van der Waals surface area (Å²) in [5, 5.41) is 5.26. The zero-order valence-corrected chi connectivity index (χ0v) is 15.8. The Morgan fingerprint density at radius 2 is 2.17 bits per heavy atom. The van der Waals surface area contributed by atoms with Crippen LogP contribution in [-0.4, -0.2) is 50.3 Å². The lowest BCUT2D eigenvalue weighted by molar-refractivity contribution is -0.125. The molecular formula is C21H20N6O2. The second-order valence-electron chi connectivity index (χ2n) is 6.59. The van der Waals surface area contributed by atoms with Crippen LogP contribution in [0, 0.1) is 11.8 Å². The number of para-hydroxylation sites is 1. The van der Waals surface area contributed by atoms with Gasteiger partial charge in [0, 0.05) is 13.1 Å². The molecule has 146 valence electrons. The fourth-order valence-corrected chi connectivity index (χ4v) is 3.36. The van der Waals surface area contributed by atoms with Crippen molar-refractivity contribution in [2.75, 3.05) is 25.4 Å². The Kier molecular flexibility index (Phi) is 5.12. The Labute approximate surface area is 168 Å². The first-order valence-electron chi connectivity index (χ1n) is 9.24. The van der Waals surface area contributed by atoms with Gasteiger partial charge >= 0.3 is 0 Å². The Morgan fingerprint density at radius 1 is 1.34 bits per heavy atom. The largest absolute Gasteiger partial charge is 0.481 e. The number of nitrogens with two attached hydrogens (primary N) is 1. The van der Waals surface area contributed by atoms with Gasteiger partial charge in [0.25, 0.3) is 0 Å². The molecule has 1 aliphatic rings. The van der Waals surface area contributed by atoms with Crippen molar-refractivity contribution in [3.8, 4) is 17.6 Å². The van der Waals surface area contributed by atoms with Gasteiger partial charge in [-0.05, 0) is 30.6 Å². The molecule has 8 heteroatoms. The number of carbonyl (C=O) groups excluding carboxylic acids is 1. The second kappa shape index (κ2) is 8.02. The van der Waals surface area contributed by atoms with Crippen LogP contribution in [0.3, 0.4) is 0 Å². The van der Waals surface area contributed by atoms with Crippen molar-refractivity contribution >= 4 is 22.8 Å². The van der Waals surface area contributed by atoms with Crippen LogP contribution in [0.5, 0.6) is 5.75 Å². The van der Waals surface area contributed by atoms with E-state index < -0.39 is 0 Å². The lowest BCUT2D eigenvalue weighted by atomic mass is 10.2. The highest BCUT2D eigenvalue weighted by molar-refractivity contribution is 5.90. The van der Waals surface area contributed by atoms with Crippen LogP contribution in [0.15, 0.2) is 49.3 Å². The van der Waals surface area contributed by atoms with Crippen LogP contribution in [0.4, 0.5) is 5.82 Å². The molecule has 1 aliphatic heterocycles. The number of amides is 1. The number of fused-ring (bicyclic) bond motifs is 1. The molecule has 1 fully saturated rings. The van der Waals surface area contributed by atoms with Crippen LogP contribution in [0.1, 0.15) is 18.2 Å². The molecule has 4 rings (SSSR count). The number of hydrogen-bond donors (Lipinski definition) is 1. The van der Waals surface area contributed by atoms with E-state index in [1.807, 2.05) is 30.3 Å². The first kappa shape index (κ1) is 18.5. The Bertz CT molecular complexity index is 1110. The van der Waals surface area contributed by atoms with Gasteiger partial charge in [0.05, 0.1) is 11.4 Å². The molecule has 0 spiro atoms. The van der Waals surface area contributed by atoms with E-state index in [1.165, 1.54) is 12.4 Å². The van der Waals surface area contributed by atoms with E-state index in [9.17, 15) is 4.79 Å². The normalized spacial score (nSPS) is 15.7. The Hall–Kier alpha value is -3.86. The van der Waals surface area contributed by atoms with E-state index in [-0.39, 0.29) is 18.6 Å². The van der Waals surface area contributed by atoms with Crippen molar-refractivity contribution in [3.05, 3.63) is 55.0 Å². The lowest BCUT2D eigenvalue weighted by Crippen LogP contribution is -2.27. The first-order valence-corrected chi connectivity index (χ1v) is 9.24. The number of benzene rings is 1. The van der Waals surface area contributed by atoms with E-state index >= 15 is 0 Å². The number of likely N-dealkylation sites (tertiary alicyclic amines) is 1. The van der Waals surface area contributed by atoms with E-state index in [0.29, 0.717) is 35.6 Å². The van der Waals surface area contributed by atoms with Gasteiger partial charge < -0.3 is 15.4 Å². The standard InChI is InChI=1S/C21H20N6O2/c1-2-18(28)26-11-10-15(13-26)27-21-19(20(22)23-14-24-21)17(25-27)9-6-12-29-16-7-4-3-5-8-16/h2-5,7-8,14-15H,1,10-13H2,(H2,22,23,24)/t15-/m1/s1. The number of ether oxygens (including phenoxy) is 1. The molecule has 3 aromatic rings. The molecule has 0 bridgehead atoms. The SMILES string of the molecule is C=CC(=O)N1CC[C@@H](n2nc(C#CCOc3ccccc3)c3c(N)ncnc32)C1. The minimum Gasteiger partial charge on any atom is -0.481 e. The highest BCUT2D eigenvalue weighted by Gasteiger charge is 2.29. The molecule has 1 aromatic carbocycles. The molecule has 0 aliphatic carbocycles. The number of anilines is 1. The number of nitrogen functional groups attached to an aromatic ring is 1. The maximum atomic E-state index is 11.9. The molecule has 0 radical (unpaired) electrons. The number of carbonyl (C=O) groups is 1. The van der Waals surface area contributed by atoms with Crippen molar-refractivity contribution in [1.82, 2.24) is 24.6 Å². The van der Waals surface area contributed by atoms with Crippen LogP contribution >= 0.6 is 0 Å². The number of nitrogens with zero attached hydrogens (tertiary/aromatic N) is 5. The number of hydrogen-bond acceptors (Lipinski definition) is 6. The zero-order chi connectivity index (χ0) is 20.2. The summed E-state index contributed by atoms with van der Waals surface area (Å²) in [6.45, 7) is 4.95. The van der Waals surface area contributed by atoms with Crippen molar-refractivity contribution in [2.45, 2.75) is 12.5 Å². The van der Waals surface area contributed by atoms with E-state index in [1.54, 1.807) is 9.58 Å². The molecule has 29 heavy (non-hydrogen) atoms. The van der Waals surface area contributed by atoms with Gasteiger partial charge in [-0.25, -0.2) is 14.6 Å². The van der Waals surface area contributed by atoms with Gasteiger partial charge in [0.1, 0.15) is 30.2 Å². The molecule has 8 nitrogen and oxygen atoms in total. The van der Waals surface area contributed by atoms with Crippen LogP contribution in [-0.2, 0) is 4.79 Å². The molecule has 1 saturated heterocycles. The summed E-state index contributed by atoms with van der Waals surface area (Å²) >= 11 is 0. The van der Waals surface area contributed by atoms with Crippen molar-refractivity contribution in [2.24, 2.45) is 0 Å². The highest BCUT2D eigenvalue weighted by Crippen LogP contribution is 2.28. The molecule has 1 atom stereocenters. The third kappa shape index (κ3) is 3.75. The Balaban J connectivity index is 1.60. The molecule has 3 heterocycles. The van der Waals surface area contributed by atoms with Crippen molar-refractivity contribution in [3.63, 3.8) is 0 Å². The summed E-state index contributed by atoms with van der Waals surface area (Å²) in [7, 11) is 0. The molecule has 0 unspecified atom stereocenters. The monoisotopic (exact) mass is 388 g/mol. The molecule has 1 amide bonds. The minimum absolute atomic E-state index is 0.00758. The summed E-state index contributed by atoms with van der Waals surface area (Å²) in [6, 6.07) is 9.46. The first-order chi connectivity index (χ1) is 14.2. The summed E-state index contributed by atoms with van der Waals surface area (Å²) in [6.07, 6.45) is 3.50. The third-order valence-corrected chi connectivity index (χ3v) is 4.77. The van der Waals surface area contributed by atoms with Crippen molar-refractivity contribution in [1.29, 1.82) is 0 Å². The van der Waals surface area contributed by atoms with Gasteiger partial charge in [-0.15, -0.1) is 0 Å².